The second-order valence-corrected chi connectivity index (χ2v) is 3.07. The van der Waals surface area contributed by atoms with Crippen molar-refractivity contribution in [3.05, 3.63) is 29.3 Å². The van der Waals surface area contributed by atoms with Crippen molar-refractivity contribution in [2.24, 2.45) is 0 Å². The van der Waals surface area contributed by atoms with Crippen molar-refractivity contribution in [3.8, 4) is 5.75 Å². The lowest BCUT2D eigenvalue weighted by Crippen LogP contribution is -2.14. The maximum absolute atomic E-state index is 13.4. The van der Waals surface area contributed by atoms with Crippen molar-refractivity contribution in [2.45, 2.75) is 13.1 Å². The van der Waals surface area contributed by atoms with Gasteiger partial charge in [0.25, 0.3) is 0 Å². The summed E-state index contributed by atoms with van der Waals surface area (Å²) in [4.78, 5) is 0. The second-order valence-electron chi connectivity index (χ2n) is 3.07. The molecule has 0 aliphatic carbocycles. The molecule has 0 spiro atoms. The minimum atomic E-state index is -1.01. The smallest absolute Gasteiger partial charge is 0.138 e. The fourth-order valence-electron chi connectivity index (χ4n) is 1.30. The van der Waals surface area contributed by atoms with Crippen LogP contribution in [0.4, 0.5) is 4.39 Å². The molecule has 0 aliphatic rings. The predicted octanol–water partition coefficient (Wildman–Crippen LogP) is 1.93. The van der Waals surface area contributed by atoms with E-state index >= 15 is 0 Å². The maximum Gasteiger partial charge on any atom is 0.138 e. The first kappa shape index (κ1) is 9.99. The monoisotopic (exact) mass is 183 g/mol. The van der Waals surface area contributed by atoms with Crippen molar-refractivity contribution < 1.29 is 9.50 Å². The quantitative estimate of drug-likeness (QED) is 0.750. The molecule has 0 aromatic heterocycles. The number of phenolic OH excluding ortho intramolecular Hbond substituents is 1. The molecule has 1 aromatic rings. The molecule has 0 saturated carbocycles. The third kappa shape index (κ3) is 2.42. The van der Waals surface area contributed by atoms with Gasteiger partial charge in [-0.25, -0.2) is 4.39 Å². The van der Waals surface area contributed by atoms with Crippen LogP contribution in [0.5, 0.6) is 5.75 Å². The normalized spacial score (nSPS) is 12.8. The van der Waals surface area contributed by atoms with Gasteiger partial charge < -0.3 is 10.4 Å². The minimum absolute atomic E-state index is 0.179. The van der Waals surface area contributed by atoms with Gasteiger partial charge in [0.2, 0.25) is 0 Å². The number of alkyl halides is 1. The van der Waals surface area contributed by atoms with E-state index in [1.165, 1.54) is 6.07 Å². The zero-order chi connectivity index (χ0) is 9.84. The summed E-state index contributed by atoms with van der Waals surface area (Å²) in [6, 6.07) is 4.69. The van der Waals surface area contributed by atoms with E-state index in [0.717, 1.165) is 5.56 Å². The largest absolute Gasteiger partial charge is 0.508 e. The fourth-order valence-corrected chi connectivity index (χ4v) is 1.30. The number of rotatable bonds is 3. The number of aromatic hydroxyl groups is 1. The van der Waals surface area contributed by atoms with E-state index in [2.05, 4.69) is 5.32 Å². The number of hydrogen-bond acceptors (Lipinski definition) is 2. The number of nitrogens with one attached hydrogen (secondary N) is 1. The molecule has 13 heavy (non-hydrogen) atoms. The first-order chi connectivity index (χ1) is 6.15. The van der Waals surface area contributed by atoms with Gasteiger partial charge in [-0.15, -0.1) is 0 Å². The third-order valence-corrected chi connectivity index (χ3v) is 1.97. The Morgan fingerprint density at radius 2 is 2.23 bits per heavy atom. The number of benzene rings is 1. The third-order valence-electron chi connectivity index (χ3n) is 1.97. The number of aryl methyl sites for hydroxylation is 1. The Hall–Kier alpha value is -1.09. The molecule has 0 heterocycles. The van der Waals surface area contributed by atoms with Crippen LogP contribution >= 0.6 is 0 Å². The van der Waals surface area contributed by atoms with E-state index < -0.39 is 6.17 Å². The summed E-state index contributed by atoms with van der Waals surface area (Å²) in [6.45, 7) is 2.09. The van der Waals surface area contributed by atoms with Crippen LogP contribution in [-0.4, -0.2) is 18.7 Å². The first-order valence-electron chi connectivity index (χ1n) is 4.23. The van der Waals surface area contributed by atoms with Crippen molar-refractivity contribution in [1.82, 2.24) is 5.32 Å². The zero-order valence-corrected chi connectivity index (χ0v) is 7.84. The molecule has 1 atom stereocenters. The fraction of sp³-hybridized carbons (Fsp3) is 0.400. The van der Waals surface area contributed by atoms with Crippen LogP contribution < -0.4 is 5.32 Å². The molecule has 0 radical (unpaired) electrons. The minimum Gasteiger partial charge on any atom is -0.508 e. The molecule has 1 aromatic carbocycles. The van der Waals surface area contributed by atoms with Gasteiger partial charge in [0, 0.05) is 6.54 Å². The lowest BCUT2D eigenvalue weighted by molar-refractivity contribution is 0.334. The molecule has 0 bridgehead atoms. The summed E-state index contributed by atoms with van der Waals surface area (Å²) in [5.41, 5.74) is 1.41. The highest BCUT2D eigenvalue weighted by Crippen LogP contribution is 2.23. The van der Waals surface area contributed by atoms with Gasteiger partial charge in [-0.3, -0.25) is 0 Å². The summed E-state index contributed by atoms with van der Waals surface area (Å²) < 4.78 is 13.4. The van der Waals surface area contributed by atoms with Crippen LogP contribution in [-0.2, 0) is 0 Å². The highest BCUT2D eigenvalue weighted by Gasteiger charge is 2.11. The highest BCUT2D eigenvalue weighted by molar-refractivity contribution is 5.35. The zero-order valence-electron chi connectivity index (χ0n) is 7.84. The molecule has 0 saturated heterocycles. The van der Waals surface area contributed by atoms with E-state index in [9.17, 15) is 4.39 Å². The Morgan fingerprint density at radius 3 is 2.77 bits per heavy atom. The van der Waals surface area contributed by atoms with E-state index in [1.54, 1.807) is 26.1 Å². The molecule has 72 valence electrons. The van der Waals surface area contributed by atoms with Gasteiger partial charge in [0.15, 0.2) is 0 Å². The molecule has 2 nitrogen and oxygen atoms in total. The lowest BCUT2D eigenvalue weighted by Gasteiger charge is -2.10. The summed E-state index contributed by atoms with van der Waals surface area (Å²) in [6.07, 6.45) is -1.01. The van der Waals surface area contributed by atoms with Crippen molar-refractivity contribution >= 4 is 0 Å². The van der Waals surface area contributed by atoms with Gasteiger partial charge in [-0.05, 0) is 37.2 Å². The van der Waals surface area contributed by atoms with E-state index in [4.69, 9.17) is 5.11 Å². The van der Waals surface area contributed by atoms with Crippen LogP contribution in [0.3, 0.4) is 0 Å². The molecule has 3 heteroatoms. The Balaban J connectivity index is 2.88. The Morgan fingerprint density at radius 1 is 1.54 bits per heavy atom. The van der Waals surface area contributed by atoms with Gasteiger partial charge in [-0.2, -0.15) is 0 Å². The van der Waals surface area contributed by atoms with Crippen LogP contribution in [0.1, 0.15) is 17.3 Å². The van der Waals surface area contributed by atoms with Gasteiger partial charge >= 0.3 is 0 Å². The lowest BCUT2D eigenvalue weighted by atomic mass is 10.0. The number of halogens is 1. The van der Waals surface area contributed by atoms with Crippen molar-refractivity contribution in [3.63, 3.8) is 0 Å². The Bertz CT molecular complexity index is 288. The van der Waals surface area contributed by atoms with Gasteiger partial charge in [-0.1, -0.05) is 6.07 Å². The van der Waals surface area contributed by atoms with Gasteiger partial charge in [0.1, 0.15) is 11.9 Å². The molecular formula is C10H14FNO. The molecule has 0 aliphatic heterocycles. The number of phenols is 1. The van der Waals surface area contributed by atoms with Crippen molar-refractivity contribution in [1.29, 1.82) is 0 Å². The SMILES string of the molecule is CNCC(F)c1ccc(O)cc1C. The van der Waals surface area contributed by atoms with E-state index in [1.807, 2.05) is 0 Å². The van der Waals surface area contributed by atoms with Gasteiger partial charge in [0.05, 0.1) is 0 Å². The maximum atomic E-state index is 13.4. The Labute approximate surface area is 77.4 Å². The summed E-state index contributed by atoms with van der Waals surface area (Å²) in [5, 5.41) is 11.9. The number of hydrogen-bond donors (Lipinski definition) is 2. The molecule has 0 amide bonds. The molecule has 2 N–H and O–H groups in total. The van der Waals surface area contributed by atoms with E-state index in [-0.39, 0.29) is 5.75 Å². The predicted molar refractivity (Wildman–Crippen MR) is 50.6 cm³/mol. The standard InChI is InChI=1S/C10H14FNO/c1-7-5-8(13)3-4-9(7)10(11)6-12-2/h3-5,10,12-13H,6H2,1-2H3. The average Bonchev–Trinajstić information content (AvgIpc) is 2.04. The first-order valence-corrected chi connectivity index (χ1v) is 4.23. The number of likely N-dealkylation sites (N-methyl/N-ethyl adjacent to an activating group) is 1. The van der Waals surface area contributed by atoms with E-state index in [0.29, 0.717) is 12.1 Å². The molecule has 0 fully saturated rings. The highest BCUT2D eigenvalue weighted by atomic mass is 19.1. The molecule has 1 rings (SSSR count). The van der Waals surface area contributed by atoms with Crippen LogP contribution in [0.15, 0.2) is 18.2 Å². The molecule has 1 unspecified atom stereocenters. The molecular weight excluding hydrogens is 169 g/mol. The van der Waals surface area contributed by atoms with Crippen LogP contribution in [0.25, 0.3) is 0 Å². The van der Waals surface area contributed by atoms with Crippen LogP contribution in [0, 0.1) is 6.92 Å². The Kier molecular flexibility index (Phi) is 3.25. The summed E-state index contributed by atoms with van der Waals surface area (Å²) in [7, 11) is 1.71. The van der Waals surface area contributed by atoms with Crippen LogP contribution in [0.2, 0.25) is 0 Å². The second kappa shape index (κ2) is 4.23. The summed E-state index contributed by atoms with van der Waals surface area (Å²) in [5.74, 6) is 0.179. The average molecular weight is 183 g/mol. The topological polar surface area (TPSA) is 32.3 Å². The summed E-state index contributed by atoms with van der Waals surface area (Å²) >= 11 is 0. The van der Waals surface area contributed by atoms with Crippen molar-refractivity contribution in [2.75, 3.05) is 13.6 Å².